The second kappa shape index (κ2) is 6.37. The molecule has 2 N–H and O–H groups in total. The van der Waals surface area contributed by atoms with E-state index in [9.17, 15) is 22.6 Å². The topological polar surface area (TPSA) is 128 Å². The maximum Gasteiger partial charge on any atom is 0.350 e. The van der Waals surface area contributed by atoms with E-state index in [0.717, 1.165) is 6.20 Å². The molecule has 1 aromatic rings. The quantitative estimate of drug-likeness (QED) is 0.349. The number of cyclic esters (lactones) is 2. The number of ether oxygens (including phenoxy) is 3. The highest BCUT2D eigenvalue weighted by molar-refractivity contribution is 7.86. The van der Waals surface area contributed by atoms with Gasteiger partial charge < -0.3 is 19.5 Å². The highest BCUT2D eigenvalue weighted by atomic mass is 32.2. The minimum Gasteiger partial charge on any atom is -0.495 e. The molecule has 1 aromatic carbocycles. The SMILES string of the molecule is COc1cc(NC=C2C(=O)OC(C)(C)OC2=O)c(C)cc1S(=O)(=O)O. The average Bonchev–Trinajstić information content (AvgIpc) is 2.45. The highest BCUT2D eigenvalue weighted by Gasteiger charge is 2.39. The van der Waals surface area contributed by atoms with Crippen molar-refractivity contribution < 1.29 is 36.8 Å². The molecule has 2 rings (SSSR count). The minimum absolute atomic E-state index is 0.107. The van der Waals surface area contributed by atoms with Gasteiger partial charge in [-0.25, -0.2) is 9.59 Å². The lowest BCUT2D eigenvalue weighted by molar-refractivity contribution is -0.222. The third kappa shape index (κ3) is 4.09. The third-order valence-electron chi connectivity index (χ3n) is 3.28. The van der Waals surface area contributed by atoms with Crippen LogP contribution in [0.25, 0.3) is 0 Å². The van der Waals surface area contributed by atoms with Crippen LogP contribution in [0.15, 0.2) is 28.8 Å². The Morgan fingerprint density at radius 1 is 1.20 bits per heavy atom. The summed E-state index contributed by atoms with van der Waals surface area (Å²) < 4.78 is 46.8. The van der Waals surface area contributed by atoms with Crippen LogP contribution in [-0.4, -0.2) is 37.8 Å². The van der Waals surface area contributed by atoms with E-state index in [1.165, 1.54) is 33.1 Å². The zero-order valence-electron chi connectivity index (χ0n) is 13.9. The third-order valence-corrected chi connectivity index (χ3v) is 4.15. The maximum absolute atomic E-state index is 11.9. The molecule has 136 valence electrons. The maximum atomic E-state index is 11.9. The van der Waals surface area contributed by atoms with Crippen LogP contribution in [0.4, 0.5) is 5.69 Å². The summed E-state index contributed by atoms with van der Waals surface area (Å²) in [4.78, 5) is 23.3. The van der Waals surface area contributed by atoms with Gasteiger partial charge in [-0.2, -0.15) is 8.42 Å². The van der Waals surface area contributed by atoms with E-state index in [2.05, 4.69) is 5.32 Å². The zero-order valence-corrected chi connectivity index (χ0v) is 14.8. The molecule has 0 atom stereocenters. The molecule has 9 nitrogen and oxygen atoms in total. The van der Waals surface area contributed by atoms with Crippen molar-refractivity contribution in [1.29, 1.82) is 0 Å². The van der Waals surface area contributed by atoms with E-state index in [-0.39, 0.29) is 11.3 Å². The number of anilines is 1. The lowest BCUT2D eigenvalue weighted by Gasteiger charge is -2.29. The van der Waals surface area contributed by atoms with Crippen LogP contribution >= 0.6 is 0 Å². The molecule has 1 aliphatic rings. The number of benzene rings is 1. The Kier molecular flexibility index (Phi) is 4.78. The first-order valence-corrected chi connectivity index (χ1v) is 8.48. The first-order valence-electron chi connectivity index (χ1n) is 7.04. The van der Waals surface area contributed by atoms with E-state index in [0.29, 0.717) is 11.3 Å². The summed E-state index contributed by atoms with van der Waals surface area (Å²) in [7, 11) is -3.23. The van der Waals surface area contributed by atoms with E-state index in [4.69, 9.17) is 14.2 Å². The lowest BCUT2D eigenvalue weighted by Crippen LogP contribution is -2.42. The zero-order chi connectivity index (χ0) is 19.0. The van der Waals surface area contributed by atoms with Gasteiger partial charge >= 0.3 is 11.9 Å². The Bertz CT molecular complexity index is 848. The van der Waals surface area contributed by atoms with Gasteiger partial charge in [0.1, 0.15) is 10.6 Å². The Morgan fingerprint density at radius 2 is 1.76 bits per heavy atom. The fourth-order valence-electron chi connectivity index (χ4n) is 2.11. The van der Waals surface area contributed by atoms with E-state index < -0.39 is 32.7 Å². The molecule has 0 radical (unpaired) electrons. The second-order valence-electron chi connectivity index (χ2n) is 5.67. The molecule has 0 bridgehead atoms. The summed E-state index contributed by atoms with van der Waals surface area (Å²) in [5, 5.41) is 2.70. The molecular weight excluding hydrogens is 354 g/mol. The number of carbonyl (C=O) groups is 2. The normalized spacial score (nSPS) is 16.8. The molecule has 1 fully saturated rings. The Morgan fingerprint density at radius 3 is 2.24 bits per heavy atom. The van der Waals surface area contributed by atoms with E-state index >= 15 is 0 Å². The number of hydrogen-bond donors (Lipinski definition) is 2. The number of carbonyl (C=O) groups excluding carboxylic acids is 2. The van der Waals surface area contributed by atoms with Gasteiger partial charge in [-0.3, -0.25) is 4.55 Å². The van der Waals surface area contributed by atoms with Crippen molar-refractivity contribution in [2.24, 2.45) is 0 Å². The predicted molar refractivity (Wildman–Crippen MR) is 85.5 cm³/mol. The number of methoxy groups -OCH3 is 1. The van der Waals surface area contributed by atoms with Crippen LogP contribution in [0.3, 0.4) is 0 Å². The van der Waals surface area contributed by atoms with E-state index in [1.54, 1.807) is 6.92 Å². The van der Waals surface area contributed by atoms with Crippen LogP contribution in [-0.2, 0) is 29.2 Å². The second-order valence-corrected chi connectivity index (χ2v) is 7.06. The van der Waals surface area contributed by atoms with Gasteiger partial charge in [0.15, 0.2) is 5.57 Å². The van der Waals surface area contributed by atoms with Crippen LogP contribution in [0.2, 0.25) is 0 Å². The molecule has 0 aliphatic carbocycles. The molecule has 10 heteroatoms. The highest BCUT2D eigenvalue weighted by Crippen LogP contribution is 2.31. The minimum atomic E-state index is -4.47. The molecule has 0 spiro atoms. The van der Waals surface area contributed by atoms with Gasteiger partial charge in [0, 0.05) is 31.8 Å². The summed E-state index contributed by atoms with van der Waals surface area (Å²) in [6.45, 7) is 4.42. The Hall–Kier alpha value is -2.59. The molecule has 1 saturated heterocycles. The number of rotatable bonds is 4. The van der Waals surface area contributed by atoms with Crippen molar-refractivity contribution in [3.63, 3.8) is 0 Å². The number of esters is 2. The summed E-state index contributed by atoms with van der Waals surface area (Å²) in [5.74, 6) is -3.16. The van der Waals surface area contributed by atoms with Crippen molar-refractivity contribution in [3.8, 4) is 5.75 Å². The van der Waals surface area contributed by atoms with Gasteiger partial charge in [-0.1, -0.05) is 0 Å². The molecule has 0 saturated carbocycles. The van der Waals surface area contributed by atoms with Crippen molar-refractivity contribution in [1.82, 2.24) is 0 Å². The summed E-state index contributed by atoms with van der Waals surface area (Å²) in [6.07, 6.45) is 1.09. The fraction of sp³-hybridized carbons (Fsp3) is 0.333. The van der Waals surface area contributed by atoms with Crippen molar-refractivity contribution in [3.05, 3.63) is 29.5 Å². The molecule has 0 amide bonds. The summed E-state index contributed by atoms with van der Waals surface area (Å²) in [6, 6.07) is 2.49. The first kappa shape index (κ1) is 18.7. The van der Waals surface area contributed by atoms with Crippen molar-refractivity contribution in [2.75, 3.05) is 12.4 Å². The molecule has 1 heterocycles. The molecular formula is C15H17NO8S. The van der Waals surface area contributed by atoms with Gasteiger partial charge in [-0.15, -0.1) is 0 Å². The van der Waals surface area contributed by atoms with Crippen molar-refractivity contribution in [2.45, 2.75) is 31.5 Å². The monoisotopic (exact) mass is 371 g/mol. The lowest BCUT2D eigenvalue weighted by atomic mass is 10.2. The molecule has 0 aromatic heterocycles. The smallest absolute Gasteiger partial charge is 0.350 e. The first-order chi connectivity index (χ1) is 11.4. The Balaban J connectivity index is 2.35. The predicted octanol–water partition coefficient (Wildman–Crippen LogP) is 1.38. The number of aryl methyl sites for hydroxylation is 1. The van der Waals surface area contributed by atoms with Crippen LogP contribution < -0.4 is 10.1 Å². The fourth-order valence-corrected chi connectivity index (χ4v) is 2.83. The average molecular weight is 371 g/mol. The summed E-state index contributed by atoms with van der Waals surface area (Å²) in [5.41, 5.74) is 0.418. The van der Waals surface area contributed by atoms with Gasteiger partial charge in [0.2, 0.25) is 0 Å². The van der Waals surface area contributed by atoms with Gasteiger partial charge in [-0.05, 0) is 18.6 Å². The van der Waals surface area contributed by atoms with Crippen molar-refractivity contribution >= 4 is 27.7 Å². The summed E-state index contributed by atoms with van der Waals surface area (Å²) >= 11 is 0. The van der Waals surface area contributed by atoms with Gasteiger partial charge in [0.25, 0.3) is 15.9 Å². The van der Waals surface area contributed by atoms with E-state index in [1.807, 2.05) is 0 Å². The number of hydrogen-bond acceptors (Lipinski definition) is 8. The van der Waals surface area contributed by atoms with Crippen LogP contribution in [0, 0.1) is 6.92 Å². The largest absolute Gasteiger partial charge is 0.495 e. The number of nitrogens with one attached hydrogen (secondary N) is 1. The van der Waals surface area contributed by atoms with Gasteiger partial charge in [0.05, 0.1) is 7.11 Å². The molecule has 0 unspecified atom stereocenters. The Labute approximate surface area is 144 Å². The molecule has 1 aliphatic heterocycles. The molecule has 25 heavy (non-hydrogen) atoms. The standard InChI is InChI=1S/C15H17NO8S/c1-8-5-12(25(19,20)21)11(22-4)6-10(8)16-7-9-13(17)23-15(2,3)24-14(9)18/h5-7,16H,1-4H3,(H,19,20,21). The van der Waals surface area contributed by atoms with Crippen LogP contribution in [0.1, 0.15) is 19.4 Å². The van der Waals surface area contributed by atoms with Crippen LogP contribution in [0.5, 0.6) is 5.75 Å².